The molecule has 1 saturated carbocycles. The first-order valence-electron chi connectivity index (χ1n) is 4.27. The summed E-state index contributed by atoms with van der Waals surface area (Å²) in [6, 6.07) is 0. The maximum Gasteiger partial charge on any atom is 0.109 e. The highest BCUT2D eigenvalue weighted by Crippen LogP contribution is 2.32. The van der Waals surface area contributed by atoms with E-state index in [9.17, 15) is 0 Å². The Bertz CT molecular complexity index is 148. The molecular formula is C10H15O. The highest BCUT2D eigenvalue weighted by Gasteiger charge is 2.20. The van der Waals surface area contributed by atoms with Crippen molar-refractivity contribution in [1.82, 2.24) is 0 Å². The summed E-state index contributed by atoms with van der Waals surface area (Å²) < 4.78 is 4.61. The van der Waals surface area contributed by atoms with E-state index in [0.717, 1.165) is 12.3 Å². The van der Waals surface area contributed by atoms with Crippen LogP contribution in [0.15, 0.2) is 0 Å². The SMILES string of the molecule is COC#CCCCCC1[CH]C1. The molecule has 1 radical (unpaired) electrons. The molecular weight excluding hydrogens is 136 g/mol. The van der Waals surface area contributed by atoms with Gasteiger partial charge in [-0.15, -0.1) is 0 Å². The molecule has 1 unspecified atom stereocenters. The molecule has 11 heavy (non-hydrogen) atoms. The Morgan fingerprint density at radius 1 is 1.55 bits per heavy atom. The van der Waals surface area contributed by atoms with Crippen molar-refractivity contribution >= 4 is 0 Å². The quantitative estimate of drug-likeness (QED) is 0.443. The van der Waals surface area contributed by atoms with Crippen molar-refractivity contribution in [2.45, 2.75) is 32.1 Å². The van der Waals surface area contributed by atoms with Gasteiger partial charge in [-0.2, -0.15) is 0 Å². The Morgan fingerprint density at radius 3 is 3.00 bits per heavy atom. The lowest BCUT2D eigenvalue weighted by atomic mass is 10.1. The highest BCUT2D eigenvalue weighted by atomic mass is 16.5. The second kappa shape index (κ2) is 5.07. The Balaban J connectivity index is 1.79. The second-order valence-corrected chi connectivity index (χ2v) is 2.96. The van der Waals surface area contributed by atoms with Crippen LogP contribution in [0.4, 0.5) is 0 Å². The summed E-state index contributed by atoms with van der Waals surface area (Å²) in [5.41, 5.74) is 0. The monoisotopic (exact) mass is 151 g/mol. The molecule has 1 nitrogen and oxygen atoms in total. The van der Waals surface area contributed by atoms with Crippen molar-refractivity contribution in [1.29, 1.82) is 0 Å². The van der Waals surface area contributed by atoms with Crippen LogP contribution in [-0.2, 0) is 4.74 Å². The van der Waals surface area contributed by atoms with Gasteiger partial charge in [-0.1, -0.05) is 18.8 Å². The lowest BCUT2D eigenvalue weighted by molar-refractivity contribution is 0.371. The highest BCUT2D eigenvalue weighted by molar-refractivity contribution is 4.95. The van der Waals surface area contributed by atoms with E-state index in [4.69, 9.17) is 0 Å². The van der Waals surface area contributed by atoms with E-state index in [-0.39, 0.29) is 0 Å². The molecule has 0 aromatic carbocycles. The van der Waals surface area contributed by atoms with E-state index < -0.39 is 0 Å². The van der Waals surface area contributed by atoms with Crippen molar-refractivity contribution in [2.24, 2.45) is 5.92 Å². The Kier molecular flexibility index (Phi) is 3.90. The Morgan fingerprint density at radius 2 is 2.36 bits per heavy atom. The third-order valence-electron chi connectivity index (χ3n) is 1.87. The van der Waals surface area contributed by atoms with Gasteiger partial charge in [0.05, 0.1) is 7.11 Å². The largest absolute Gasteiger partial charge is 0.450 e. The maximum absolute atomic E-state index is 4.61. The molecule has 1 atom stereocenters. The molecule has 0 aliphatic heterocycles. The molecule has 0 amide bonds. The maximum atomic E-state index is 4.61. The predicted molar refractivity (Wildman–Crippen MR) is 45.7 cm³/mol. The molecule has 61 valence electrons. The second-order valence-electron chi connectivity index (χ2n) is 2.96. The summed E-state index contributed by atoms with van der Waals surface area (Å²) >= 11 is 0. The average Bonchev–Trinajstić information content (AvgIpc) is 2.80. The molecule has 0 aromatic heterocycles. The van der Waals surface area contributed by atoms with Crippen LogP contribution in [0.2, 0.25) is 0 Å². The molecule has 1 heteroatoms. The molecule has 0 aromatic rings. The summed E-state index contributed by atoms with van der Waals surface area (Å²) in [4.78, 5) is 0. The van der Waals surface area contributed by atoms with Gasteiger partial charge in [0.25, 0.3) is 0 Å². The number of ether oxygens (including phenoxy) is 1. The van der Waals surface area contributed by atoms with Gasteiger partial charge in [0.15, 0.2) is 0 Å². The predicted octanol–water partition coefficient (Wildman–Crippen LogP) is 2.38. The van der Waals surface area contributed by atoms with Crippen LogP contribution in [0.1, 0.15) is 32.1 Å². The fourth-order valence-electron chi connectivity index (χ4n) is 1.08. The van der Waals surface area contributed by atoms with Crippen LogP contribution in [0.5, 0.6) is 0 Å². The van der Waals surface area contributed by atoms with Gasteiger partial charge in [-0.05, 0) is 25.2 Å². The normalized spacial score (nSPS) is 15.4. The molecule has 0 bridgehead atoms. The van der Waals surface area contributed by atoms with Gasteiger partial charge >= 0.3 is 0 Å². The van der Waals surface area contributed by atoms with Gasteiger partial charge in [0, 0.05) is 6.42 Å². The van der Waals surface area contributed by atoms with E-state index in [1.165, 1.54) is 25.7 Å². The molecule has 1 fully saturated rings. The zero-order chi connectivity index (χ0) is 7.94. The zero-order valence-corrected chi connectivity index (χ0v) is 7.10. The van der Waals surface area contributed by atoms with Crippen LogP contribution >= 0.6 is 0 Å². The van der Waals surface area contributed by atoms with E-state index in [0.29, 0.717) is 0 Å². The molecule has 0 N–H and O–H groups in total. The van der Waals surface area contributed by atoms with Crippen molar-refractivity contribution in [3.05, 3.63) is 6.42 Å². The molecule has 0 saturated heterocycles. The topological polar surface area (TPSA) is 9.23 Å². The third kappa shape index (κ3) is 4.72. The molecule has 1 rings (SSSR count). The summed E-state index contributed by atoms with van der Waals surface area (Å²) in [5.74, 6) is 3.90. The fourth-order valence-corrected chi connectivity index (χ4v) is 1.08. The summed E-state index contributed by atoms with van der Waals surface area (Å²) in [6.07, 6.45) is 11.2. The first kappa shape index (κ1) is 8.46. The lowest BCUT2D eigenvalue weighted by Crippen LogP contribution is -1.78. The van der Waals surface area contributed by atoms with Gasteiger partial charge < -0.3 is 4.74 Å². The number of hydrogen-bond donors (Lipinski definition) is 0. The van der Waals surface area contributed by atoms with Crippen LogP contribution < -0.4 is 0 Å². The van der Waals surface area contributed by atoms with Gasteiger partial charge in [0.1, 0.15) is 6.11 Å². The van der Waals surface area contributed by atoms with E-state index >= 15 is 0 Å². The van der Waals surface area contributed by atoms with Crippen LogP contribution in [-0.4, -0.2) is 7.11 Å². The van der Waals surface area contributed by atoms with Crippen LogP contribution in [0, 0.1) is 24.4 Å². The molecule has 0 spiro atoms. The number of methoxy groups -OCH3 is 1. The first-order chi connectivity index (χ1) is 5.43. The van der Waals surface area contributed by atoms with Crippen LogP contribution in [0.25, 0.3) is 0 Å². The van der Waals surface area contributed by atoms with Crippen molar-refractivity contribution in [3.8, 4) is 12.0 Å². The Hall–Kier alpha value is -0.640. The van der Waals surface area contributed by atoms with E-state index in [2.05, 4.69) is 23.2 Å². The minimum atomic E-state index is 0.949. The van der Waals surface area contributed by atoms with Crippen molar-refractivity contribution in [2.75, 3.05) is 7.11 Å². The van der Waals surface area contributed by atoms with E-state index in [1.54, 1.807) is 7.11 Å². The minimum Gasteiger partial charge on any atom is -0.450 e. The molecule has 0 heterocycles. The van der Waals surface area contributed by atoms with Crippen molar-refractivity contribution < 1.29 is 4.74 Å². The smallest absolute Gasteiger partial charge is 0.109 e. The Labute approximate surface area is 69.1 Å². The average molecular weight is 151 g/mol. The van der Waals surface area contributed by atoms with E-state index in [1.807, 2.05) is 0 Å². The fraction of sp³-hybridized carbons (Fsp3) is 0.700. The van der Waals surface area contributed by atoms with Gasteiger partial charge in [-0.3, -0.25) is 0 Å². The molecule has 1 aliphatic carbocycles. The first-order valence-corrected chi connectivity index (χ1v) is 4.27. The molecule has 1 aliphatic rings. The van der Waals surface area contributed by atoms with Crippen molar-refractivity contribution in [3.63, 3.8) is 0 Å². The summed E-state index contributed by atoms with van der Waals surface area (Å²) in [7, 11) is 1.60. The van der Waals surface area contributed by atoms with Crippen LogP contribution in [0.3, 0.4) is 0 Å². The summed E-state index contributed by atoms with van der Waals surface area (Å²) in [5, 5.41) is 0. The third-order valence-corrected chi connectivity index (χ3v) is 1.87. The van der Waals surface area contributed by atoms with Gasteiger partial charge in [0.2, 0.25) is 0 Å². The standard InChI is InChI=1S/C10H15O/c1-11-9-5-3-2-4-6-10-7-8-10/h7,10H,2-4,6,8H2,1H3. The zero-order valence-electron chi connectivity index (χ0n) is 7.10. The minimum absolute atomic E-state index is 0.949. The lowest BCUT2D eigenvalue weighted by Gasteiger charge is -1.92. The number of unbranched alkanes of at least 4 members (excludes halogenated alkanes) is 2. The number of rotatable bonds is 4. The summed E-state index contributed by atoms with van der Waals surface area (Å²) in [6.45, 7) is 0. The number of hydrogen-bond acceptors (Lipinski definition) is 1. The van der Waals surface area contributed by atoms with Gasteiger partial charge in [-0.25, -0.2) is 0 Å².